The molecule has 174 valence electrons. The molecule has 2 aromatic carbocycles. The number of amides is 1. The Bertz CT molecular complexity index is 1420. The Kier molecular flexibility index (Phi) is 6.77. The number of anilines is 1. The van der Waals surface area contributed by atoms with Gasteiger partial charge in [-0.3, -0.25) is 14.3 Å². The summed E-state index contributed by atoms with van der Waals surface area (Å²) >= 11 is 1.27. The molecule has 4 aromatic rings. The van der Waals surface area contributed by atoms with E-state index in [4.69, 9.17) is 5.14 Å². The zero-order valence-corrected chi connectivity index (χ0v) is 20.0. The average molecular weight is 495 g/mol. The second kappa shape index (κ2) is 9.75. The largest absolute Gasteiger partial charge is 0.325 e. The molecule has 0 saturated heterocycles. The molecule has 0 saturated carbocycles. The van der Waals surface area contributed by atoms with E-state index in [1.54, 1.807) is 19.3 Å². The van der Waals surface area contributed by atoms with Gasteiger partial charge in [0.05, 0.1) is 15.8 Å². The number of nitrogens with two attached hydrogens (primary N) is 1. The Morgan fingerprint density at radius 3 is 2.44 bits per heavy atom. The van der Waals surface area contributed by atoms with Crippen molar-refractivity contribution in [1.29, 1.82) is 0 Å². The van der Waals surface area contributed by atoms with E-state index >= 15 is 0 Å². The lowest BCUT2D eigenvalue weighted by Crippen LogP contribution is -2.23. The fourth-order valence-corrected chi connectivity index (χ4v) is 4.62. The maximum absolute atomic E-state index is 12.8. The maximum Gasteiger partial charge on any atom is 0.238 e. The number of carbonyl (C=O) groups is 1. The third-order valence-electron chi connectivity index (χ3n) is 5.01. The molecule has 0 bridgehead atoms. The summed E-state index contributed by atoms with van der Waals surface area (Å²) in [5, 5.41) is 16.7. The van der Waals surface area contributed by atoms with Crippen molar-refractivity contribution in [2.75, 3.05) is 5.32 Å². The first kappa shape index (κ1) is 23.6. The average Bonchev–Trinajstić information content (AvgIpc) is 3.23. The molecular weight excluding hydrogens is 472 g/mol. The van der Waals surface area contributed by atoms with E-state index in [1.807, 2.05) is 47.9 Å². The van der Waals surface area contributed by atoms with Crippen LogP contribution in [0.2, 0.25) is 0 Å². The van der Waals surface area contributed by atoms with Gasteiger partial charge in [-0.2, -0.15) is 0 Å². The second-order valence-electron chi connectivity index (χ2n) is 7.49. The van der Waals surface area contributed by atoms with Gasteiger partial charge in [0.15, 0.2) is 11.0 Å². The molecule has 0 aliphatic carbocycles. The summed E-state index contributed by atoms with van der Waals surface area (Å²) in [5.41, 5.74) is 3.19. The van der Waals surface area contributed by atoms with E-state index in [9.17, 15) is 13.2 Å². The van der Waals surface area contributed by atoms with Crippen LogP contribution in [0.15, 0.2) is 83.1 Å². The number of nitrogens with zero attached hydrogens (tertiary/aromatic N) is 4. The number of nitrogens with one attached hydrogen (secondary N) is 1. The molecule has 0 aliphatic rings. The van der Waals surface area contributed by atoms with Gasteiger partial charge < -0.3 is 5.32 Å². The highest BCUT2D eigenvalue weighted by atomic mass is 32.2. The Balaban J connectivity index is 1.60. The third kappa shape index (κ3) is 5.16. The molecule has 2 heterocycles. The van der Waals surface area contributed by atoms with Crippen molar-refractivity contribution in [2.24, 2.45) is 5.14 Å². The normalized spacial score (nSPS) is 12.3. The van der Waals surface area contributed by atoms with Gasteiger partial charge in [0.25, 0.3) is 0 Å². The topological polar surface area (TPSA) is 133 Å². The van der Waals surface area contributed by atoms with Crippen LogP contribution in [0.25, 0.3) is 17.1 Å². The Labute approximate surface area is 201 Å². The minimum atomic E-state index is -3.80. The van der Waals surface area contributed by atoms with Crippen molar-refractivity contribution in [2.45, 2.75) is 29.1 Å². The van der Waals surface area contributed by atoms with Crippen LogP contribution >= 0.6 is 11.8 Å². The second-order valence-corrected chi connectivity index (χ2v) is 10.4. The van der Waals surface area contributed by atoms with Crippen molar-refractivity contribution >= 4 is 33.4 Å². The molecule has 0 fully saturated rings. The lowest BCUT2D eigenvalue weighted by atomic mass is 10.2. The van der Waals surface area contributed by atoms with Crippen molar-refractivity contribution in [3.63, 3.8) is 0 Å². The zero-order valence-electron chi connectivity index (χ0n) is 18.4. The number of rotatable bonds is 7. The molecule has 4 rings (SSSR count). The number of pyridine rings is 1. The van der Waals surface area contributed by atoms with Gasteiger partial charge >= 0.3 is 0 Å². The van der Waals surface area contributed by atoms with Crippen LogP contribution in [0.3, 0.4) is 0 Å². The summed E-state index contributed by atoms with van der Waals surface area (Å²) in [5.74, 6) is 0.353. The number of aromatic nitrogens is 4. The predicted molar refractivity (Wildman–Crippen MR) is 131 cm³/mol. The van der Waals surface area contributed by atoms with Crippen LogP contribution in [0, 0.1) is 6.92 Å². The number of benzene rings is 2. The quantitative estimate of drug-likeness (QED) is 0.376. The highest BCUT2D eigenvalue weighted by molar-refractivity contribution is 8.00. The SMILES string of the molecule is Cc1ccccc1-n1c(SC(C)C(=O)Nc2ccc(S(N)(=O)=O)cc2)nnc1-c1cccnc1. The highest BCUT2D eigenvalue weighted by Gasteiger charge is 2.23. The van der Waals surface area contributed by atoms with Gasteiger partial charge in [-0.05, 0) is 61.9 Å². The van der Waals surface area contributed by atoms with E-state index < -0.39 is 15.3 Å². The smallest absolute Gasteiger partial charge is 0.238 e. The highest BCUT2D eigenvalue weighted by Crippen LogP contribution is 2.31. The molecule has 1 amide bonds. The molecular formula is C23H22N6O3S2. The van der Waals surface area contributed by atoms with Gasteiger partial charge in [-0.25, -0.2) is 13.6 Å². The summed E-state index contributed by atoms with van der Waals surface area (Å²) in [6, 6.07) is 17.3. The van der Waals surface area contributed by atoms with Crippen LogP contribution in [-0.4, -0.2) is 39.3 Å². The minimum absolute atomic E-state index is 0.0258. The van der Waals surface area contributed by atoms with Gasteiger partial charge in [-0.15, -0.1) is 10.2 Å². The predicted octanol–water partition coefficient (Wildman–Crippen LogP) is 3.40. The van der Waals surface area contributed by atoms with Crippen LogP contribution < -0.4 is 10.5 Å². The Hall–Kier alpha value is -3.54. The number of primary sulfonamides is 1. The van der Waals surface area contributed by atoms with Crippen LogP contribution in [0.1, 0.15) is 12.5 Å². The molecule has 34 heavy (non-hydrogen) atoms. The van der Waals surface area contributed by atoms with Crippen molar-refractivity contribution in [3.05, 3.63) is 78.6 Å². The standard InChI is InChI=1S/C23H22N6O3S2/c1-15-6-3-4-8-20(15)29-21(17-7-5-13-25-14-17)27-28-23(29)33-16(2)22(30)26-18-9-11-19(12-10-18)34(24,31)32/h3-14,16H,1-2H3,(H,26,30)(H2,24,31,32). The summed E-state index contributed by atoms with van der Waals surface area (Å²) in [4.78, 5) is 17.0. The fraction of sp³-hybridized carbons (Fsp3) is 0.130. The maximum atomic E-state index is 12.8. The molecule has 11 heteroatoms. The minimum Gasteiger partial charge on any atom is -0.325 e. The first-order valence-corrected chi connectivity index (χ1v) is 12.7. The van der Waals surface area contributed by atoms with E-state index in [0.29, 0.717) is 16.7 Å². The monoisotopic (exact) mass is 494 g/mol. The van der Waals surface area contributed by atoms with Crippen molar-refractivity contribution in [1.82, 2.24) is 19.7 Å². The number of thioether (sulfide) groups is 1. The van der Waals surface area contributed by atoms with E-state index in [-0.39, 0.29) is 10.8 Å². The Morgan fingerprint density at radius 2 is 1.79 bits per heavy atom. The molecule has 3 N–H and O–H groups in total. The molecule has 2 aromatic heterocycles. The van der Waals surface area contributed by atoms with Crippen molar-refractivity contribution in [3.8, 4) is 17.1 Å². The number of sulfonamides is 1. The summed E-state index contributed by atoms with van der Waals surface area (Å²) in [7, 11) is -3.80. The number of hydrogen-bond acceptors (Lipinski definition) is 7. The lowest BCUT2D eigenvalue weighted by molar-refractivity contribution is -0.115. The lowest BCUT2D eigenvalue weighted by Gasteiger charge is -2.15. The van der Waals surface area contributed by atoms with Crippen molar-refractivity contribution < 1.29 is 13.2 Å². The first-order valence-electron chi connectivity index (χ1n) is 10.3. The molecule has 1 atom stereocenters. The number of hydrogen-bond donors (Lipinski definition) is 2. The Morgan fingerprint density at radius 1 is 1.06 bits per heavy atom. The van der Waals surface area contributed by atoms with Gasteiger partial charge in [0.1, 0.15) is 0 Å². The number of para-hydroxylation sites is 1. The number of aryl methyl sites for hydroxylation is 1. The van der Waals surface area contributed by atoms with E-state index in [1.165, 1.54) is 36.0 Å². The molecule has 1 unspecified atom stereocenters. The van der Waals surface area contributed by atoms with Gasteiger partial charge in [0, 0.05) is 23.6 Å². The summed E-state index contributed by atoms with van der Waals surface area (Å²) in [6.45, 7) is 3.76. The summed E-state index contributed by atoms with van der Waals surface area (Å²) < 4.78 is 24.8. The van der Waals surface area contributed by atoms with Gasteiger partial charge in [-0.1, -0.05) is 30.0 Å². The van der Waals surface area contributed by atoms with Gasteiger partial charge in [0.2, 0.25) is 15.9 Å². The van der Waals surface area contributed by atoms with Crippen LogP contribution in [-0.2, 0) is 14.8 Å². The van der Waals surface area contributed by atoms with Crippen LogP contribution in [0.5, 0.6) is 0 Å². The molecule has 0 radical (unpaired) electrons. The van der Waals surface area contributed by atoms with E-state index in [2.05, 4.69) is 20.5 Å². The molecule has 0 aliphatic heterocycles. The fourth-order valence-electron chi connectivity index (χ4n) is 3.24. The number of carbonyl (C=O) groups excluding carboxylic acids is 1. The zero-order chi connectivity index (χ0) is 24.3. The summed E-state index contributed by atoms with van der Waals surface area (Å²) in [6.07, 6.45) is 3.41. The van der Waals surface area contributed by atoms with E-state index in [0.717, 1.165) is 16.8 Å². The van der Waals surface area contributed by atoms with Crippen LogP contribution in [0.4, 0.5) is 5.69 Å². The third-order valence-corrected chi connectivity index (χ3v) is 6.98. The molecule has 0 spiro atoms. The first-order chi connectivity index (χ1) is 16.2. The molecule has 9 nitrogen and oxygen atoms in total.